The van der Waals surface area contributed by atoms with Gasteiger partial charge in [0.1, 0.15) is 11.6 Å². The van der Waals surface area contributed by atoms with E-state index in [1.165, 1.54) is 6.20 Å². The second kappa shape index (κ2) is 7.89. The molecule has 4 N–H and O–H groups in total. The van der Waals surface area contributed by atoms with Gasteiger partial charge in [-0.2, -0.15) is 18.4 Å². The van der Waals surface area contributed by atoms with Crippen molar-refractivity contribution in [3.8, 4) is 17.3 Å². The first kappa shape index (κ1) is 20.6. The Kier molecular flexibility index (Phi) is 5.42. The first-order valence-corrected chi connectivity index (χ1v) is 10.2. The Morgan fingerprint density at radius 1 is 1.30 bits per heavy atom. The van der Waals surface area contributed by atoms with Crippen LogP contribution in [0.5, 0.6) is 0 Å². The van der Waals surface area contributed by atoms with Gasteiger partial charge in [-0.3, -0.25) is 0 Å². The molecule has 10 heteroatoms. The van der Waals surface area contributed by atoms with Gasteiger partial charge in [0.2, 0.25) is 5.95 Å². The Labute approximate surface area is 178 Å². The van der Waals surface area contributed by atoms with Crippen molar-refractivity contribution in [2.75, 3.05) is 5.32 Å². The monoisotopic (exact) mass is 478 g/mol. The Bertz CT molecular complexity index is 1130. The third-order valence-corrected chi connectivity index (χ3v) is 6.13. The van der Waals surface area contributed by atoms with Crippen LogP contribution in [0.4, 0.5) is 19.1 Å². The number of anilines is 1. The molecule has 1 aliphatic rings. The summed E-state index contributed by atoms with van der Waals surface area (Å²) in [5.41, 5.74) is 6.06. The molecular formula is C20H18BrF3N6. The number of hydrogen-bond acceptors (Lipinski definition) is 5. The molecule has 3 aromatic rings. The smallest absolute Gasteiger partial charge is 0.360 e. The van der Waals surface area contributed by atoms with Crippen molar-refractivity contribution < 1.29 is 13.2 Å². The number of nitrogens with zero attached hydrogens (tertiary/aromatic N) is 3. The molecule has 0 amide bonds. The number of rotatable bonds is 3. The van der Waals surface area contributed by atoms with Crippen LogP contribution in [0, 0.1) is 11.3 Å². The van der Waals surface area contributed by atoms with Crippen molar-refractivity contribution in [1.82, 2.24) is 15.0 Å². The number of nitrogens with two attached hydrogens (primary N) is 1. The average molecular weight is 479 g/mol. The Balaban J connectivity index is 1.80. The molecule has 2 atom stereocenters. The Hall–Kier alpha value is -2.64. The van der Waals surface area contributed by atoms with Gasteiger partial charge in [-0.15, -0.1) is 0 Å². The number of alkyl halides is 3. The van der Waals surface area contributed by atoms with Gasteiger partial charge in [0.15, 0.2) is 0 Å². The molecule has 0 saturated heterocycles. The van der Waals surface area contributed by atoms with Crippen molar-refractivity contribution in [3.05, 3.63) is 40.1 Å². The molecule has 0 aliphatic heterocycles. The van der Waals surface area contributed by atoms with Crippen molar-refractivity contribution in [2.45, 2.75) is 43.9 Å². The van der Waals surface area contributed by atoms with E-state index in [2.05, 4.69) is 36.2 Å². The van der Waals surface area contributed by atoms with Crippen LogP contribution in [-0.4, -0.2) is 27.0 Å². The van der Waals surface area contributed by atoms with Gasteiger partial charge in [0.25, 0.3) is 0 Å². The molecule has 0 spiro atoms. The Morgan fingerprint density at radius 3 is 2.80 bits per heavy atom. The SMILES string of the molecule is N#Cc1ccc2c(-c3nc(N[C@H]4CCC[C@H](N)C4)ncc3C(F)(F)F)c[nH]c2c1Br. The van der Waals surface area contributed by atoms with E-state index in [4.69, 9.17) is 5.73 Å². The molecule has 4 rings (SSSR count). The van der Waals surface area contributed by atoms with Crippen molar-refractivity contribution in [2.24, 2.45) is 5.73 Å². The summed E-state index contributed by atoms with van der Waals surface area (Å²) in [5, 5.41) is 12.8. The Morgan fingerprint density at radius 2 is 2.10 bits per heavy atom. The minimum absolute atomic E-state index is 0.0219. The maximum absolute atomic E-state index is 13.7. The average Bonchev–Trinajstić information content (AvgIpc) is 3.12. The lowest BCUT2D eigenvalue weighted by Crippen LogP contribution is -2.35. The van der Waals surface area contributed by atoms with Gasteiger partial charge >= 0.3 is 6.18 Å². The summed E-state index contributed by atoms with van der Waals surface area (Å²) in [6.07, 6.45) is 1.13. The zero-order valence-corrected chi connectivity index (χ0v) is 17.3. The predicted octanol–water partition coefficient (Wildman–Crippen LogP) is 4.96. The lowest BCUT2D eigenvalue weighted by Gasteiger charge is -2.27. The molecule has 0 bridgehead atoms. The fourth-order valence-corrected chi connectivity index (χ4v) is 4.40. The van der Waals surface area contributed by atoms with Crippen LogP contribution in [0.1, 0.15) is 36.8 Å². The summed E-state index contributed by atoms with van der Waals surface area (Å²) in [6.45, 7) is 0. The van der Waals surface area contributed by atoms with Gasteiger partial charge in [-0.25, -0.2) is 9.97 Å². The number of halogens is 4. The predicted molar refractivity (Wildman–Crippen MR) is 111 cm³/mol. The van der Waals surface area contributed by atoms with Gasteiger partial charge in [-0.1, -0.05) is 6.07 Å². The molecule has 2 aromatic heterocycles. The van der Waals surface area contributed by atoms with Crippen molar-refractivity contribution >= 4 is 32.8 Å². The van der Waals surface area contributed by atoms with E-state index in [0.29, 0.717) is 20.9 Å². The van der Waals surface area contributed by atoms with E-state index < -0.39 is 11.7 Å². The molecule has 0 radical (unpaired) electrons. The van der Waals surface area contributed by atoms with Gasteiger partial charge < -0.3 is 16.0 Å². The van der Waals surface area contributed by atoms with Crippen molar-refractivity contribution in [3.63, 3.8) is 0 Å². The van der Waals surface area contributed by atoms with E-state index in [0.717, 1.165) is 31.9 Å². The topological polar surface area (TPSA) is 103 Å². The fraction of sp³-hybridized carbons (Fsp3) is 0.350. The largest absolute Gasteiger partial charge is 0.419 e. The number of nitrogens with one attached hydrogen (secondary N) is 2. The van der Waals surface area contributed by atoms with Crippen molar-refractivity contribution in [1.29, 1.82) is 5.26 Å². The van der Waals surface area contributed by atoms with Gasteiger partial charge in [0.05, 0.1) is 21.2 Å². The molecule has 1 aromatic carbocycles. The maximum atomic E-state index is 13.7. The minimum Gasteiger partial charge on any atom is -0.360 e. The number of nitriles is 1. The molecule has 6 nitrogen and oxygen atoms in total. The van der Waals surface area contributed by atoms with E-state index in [1.54, 1.807) is 12.1 Å². The zero-order chi connectivity index (χ0) is 21.5. The number of H-pyrrole nitrogens is 1. The molecule has 30 heavy (non-hydrogen) atoms. The summed E-state index contributed by atoms with van der Waals surface area (Å²) in [5.74, 6) is 0.138. The van der Waals surface area contributed by atoms with Crippen LogP contribution in [0.2, 0.25) is 0 Å². The van der Waals surface area contributed by atoms with Gasteiger partial charge in [0, 0.05) is 35.4 Å². The van der Waals surface area contributed by atoms with Crippen LogP contribution in [-0.2, 0) is 6.18 Å². The van der Waals surface area contributed by atoms with E-state index in [-0.39, 0.29) is 29.3 Å². The molecular weight excluding hydrogens is 461 g/mol. The van der Waals surface area contributed by atoms with E-state index >= 15 is 0 Å². The molecule has 1 aliphatic carbocycles. The molecule has 156 valence electrons. The zero-order valence-electron chi connectivity index (χ0n) is 15.7. The summed E-state index contributed by atoms with van der Waals surface area (Å²) >= 11 is 3.34. The standard InChI is InChI=1S/C20H18BrF3N6/c21-16-10(7-25)4-5-13-14(8-27-18(13)16)17-15(20(22,23)24)9-28-19(30-17)29-12-3-1-2-11(26)6-12/h4-5,8-9,11-12,27H,1-3,6,26H2,(H,28,29,30)/t11-,12-/m0/s1. The highest BCUT2D eigenvalue weighted by Gasteiger charge is 2.36. The third-order valence-electron chi connectivity index (χ3n) is 5.31. The van der Waals surface area contributed by atoms with Crippen LogP contribution in [0.15, 0.2) is 29.0 Å². The van der Waals surface area contributed by atoms with Crippen LogP contribution < -0.4 is 11.1 Å². The highest BCUT2D eigenvalue weighted by molar-refractivity contribution is 9.10. The second-order valence-electron chi connectivity index (χ2n) is 7.39. The molecule has 0 unspecified atom stereocenters. The summed E-state index contributed by atoms with van der Waals surface area (Å²) in [6, 6.07) is 5.29. The van der Waals surface area contributed by atoms with E-state index in [1.807, 2.05) is 6.07 Å². The highest BCUT2D eigenvalue weighted by atomic mass is 79.9. The van der Waals surface area contributed by atoms with Gasteiger partial charge in [-0.05, 0) is 47.7 Å². The van der Waals surface area contributed by atoms with Crippen LogP contribution in [0.3, 0.4) is 0 Å². The second-order valence-corrected chi connectivity index (χ2v) is 8.18. The number of aromatic amines is 1. The first-order valence-electron chi connectivity index (χ1n) is 9.44. The number of hydrogen-bond donors (Lipinski definition) is 3. The fourth-order valence-electron chi connectivity index (χ4n) is 3.85. The molecule has 1 saturated carbocycles. The molecule has 2 heterocycles. The minimum atomic E-state index is -4.62. The highest BCUT2D eigenvalue weighted by Crippen LogP contribution is 2.40. The van der Waals surface area contributed by atoms with E-state index in [9.17, 15) is 18.4 Å². The summed E-state index contributed by atoms with van der Waals surface area (Å²) in [7, 11) is 0. The quantitative estimate of drug-likeness (QED) is 0.493. The summed E-state index contributed by atoms with van der Waals surface area (Å²) in [4.78, 5) is 11.1. The molecule has 1 fully saturated rings. The number of aromatic nitrogens is 3. The number of benzene rings is 1. The van der Waals surface area contributed by atoms with Crippen LogP contribution in [0.25, 0.3) is 22.2 Å². The maximum Gasteiger partial charge on any atom is 0.419 e. The lowest BCUT2D eigenvalue weighted by molar-refractivity contribution is -0.137. The lowest BCUT2D eigenvalue weighted by atomic mass is 9.92. The normalized spacial score (nSPS) is 19.6. The number of fused-ring (bicyclic) bond motifs is 1. The van der Waals surface area contributed by atoms with Crippen LogP contribution >= 0.6 is 15.9 Å². The first-order chi connectivity index (χ1) is 14.3. The third kappa shape index (κ3) is 3.87. The summed E-state index contributed by atoms with van der Waals surface area (Å²) < 4.78 is 41.6.